The zero-order valence-corrected chi connectivity index (χ0v) is 6.20. The van der Waals surface area contributed by atoms with Crippen LogP contribution in [0.4, 0.5) is 0 Å². The molecule has 2 aliphatic rings. The van der Waals surface area contributed by atoms with Gasteiger partial charge in [0, 0.05) is 6.42 Å². The Kier molecular flexibility index (Phi) is 1.60. The highest BCUT2D eigenvalue weighted by Crippen LogP contribution is 2.20. The minimum absolute atomic E-state index is 1.30. The minimum atomic E-state index is 1.30. The van der Waals surface area contributed by atoms with Crippen LogP contribution in [0.25, 0.3) is 0 Å². The first-order chi connectivity index (χ1) is 5.47. The fraction of sp³-hybridized carbons (Fsp3) is 0. The average molecular weight is 141 g/mol. The summed E-state index contributed by atoms with van der Waals surface area (Å²) in [5.41, 5.74) is 2.59. The van der Waals surface area contributed by atoms with Gasteiger partial charge in [0.2, 0.25) is 0 Å². The van der Waals surface area contributed by atoms with Crippen LogP contribution in [0.1, 0.15) is 0 Å². The molecule has 0 aromatic rings. The van der Waals surface area contributed by atoms with E-state index in [-0.39, 0.29) is 0 Å². The van der Waals surface area contributed by atoms with Gasteiger partial charge in [0.15, 0.2) is 0 Å². The maximum Gasteiger partial charge on any atom is 0.0131 e. The maximum atomic E-state index is 2.12. The van der Waals surface area contributed by atoms with E-state index < -0.39 is 0 Å². The maximum absolute atomic E-state index is 2.12. The summed E-state index contributed by atoms with van der Waals surface area (Å²) >= 11 is 0. The summed E-state index contributed by atoms with van der Waals surface area (Å²) < 4.78 is 0. The van der Waals surface area contributed by atoms with Crippen LogP contribution in [0.5, 0.6) is 0 Å². The lowest BCUT2D eigenvalue weighted by molar-refractivity contribution is 1.56. The molecule has 1 radical (unpaired) electrons. The normalized spacial score (nSPS) is 29.1. The summed E-state index contributed by atoms with van der Waals surface area (Å²) in [5.74, 6) is 0. The SMILES string of the molecule is [CH]1C=CC2=C1\C=C/C=C\C=C/2. The van der Waals surface area contributed by atoms with Crippen molar-refractivity contribution in [2.75, 3.05) is 0 Å². The van der Waals surface area contributed by atoms with E-state index in [1.54, 1.807) is 0 Å². The molecule has 0 bridgehead atoms. The van der Waals surface area contributed by atoms with Crippen LogP contribution in [-0.4, -0.2) is 0 Å². The van der Waals surface area contributed by atoms with Gasteiger partial charge < -0.3 is 0 Å². The molecule has 0 heterocycles. The number of allylic oxidation sites excluding steroid dienone is 10. The predicted molar refractivity (Wildman–Crippen MR) is 47.9 cm³/mol. The molecule has 2 rings (SSSR count). The first-order valence-corrected chi connectivity index (χ1v) is 3.74. The van der Waals surface area contributed by atoms with Gasteiger partial charge in [-0.15, -0.1) is 0 Å². The second-order valence-corrected chi connectivity index (χ2v) is 2.54. The van der Waals surface area contributed by atoms with Crippen LogP contribution in [0.15, 0.2) is 59.8 Å². The Morgan fingerprint density at radius 3 is 2.00 bits per heavy atom. The van der Waals surface area contributed by atoms with Gasteiger partial charge in [0.05, 0.1) is 0 Å². The topological polar surface area (TPSA) is 0 Å². The van der Waals surface area contributed by atoms with E-state index in [4.69, 9.17) is 0 Å². The molecule has 0 heteroatoms. The van der Waals surface area contributed by atoms with Crippen molar-refractivity contribution in [1.29, 1.82) is 0 Å². The smallest absolute Gasteiger partial charge is 0.0131 e. The lowest BCUT2D eigenvalue weighted by Gasteiger charge is -1.96. The summed E-state index contributed by atoms with van der Waals surface area (Å²) in [6, 6.07) is 0. The van der Waals surface area contributed by atoms with Crippen molar-refractivity contribution >= 4 is 0 Å². The van der Waals surface area contributed by atoms with Crippen molar-refractivity contribution in [3.05, 3.63) is 66.2 Å². The fourth-order valence-electron chi connectivity index (χ4n) is 1.20. The second-order valence-electron chi connectivity index (χ2n) is 2.54. The van der Waals surface area contributed by atoms with E-state index in [0.29, 0.717) is 0 Å². The minimum Gasteiger partial charge on any atom is -0.0755 e. The molecule has 11 heavy (non-hydrogen) atoms. The standard InChI is InChI=1S/C11H9/c1-2-4-7-11-9-5-8-10(11)6-3-1/h1-9H/b2-1-,3-1?,4-2?,6-3-,7-4-,10-6?,11-7?. The lowest BCUT2D eigenvalue weighted by Crippen LogP contribution is -1.77. The molecule has 0 aromatic carbocycles. The van der Waals surface area contributed by atoms with Crippen LogP contribution < -0.4 is 0 Å². The van der Waals surface area contributed by atoms with Crippen molar-refractivity contribution in [1.82, 2.24) is 0 Å². The molecule has 53 valence electrons. The highest BCUT2D eigenvalue weighted by Gasteiger charge is 2.02. The number of rotatable bonds is 0. The van der Waals surface area contributed by atoms with E-state index in [2.05, 4.69) is 42.9 Å². The zero-order chi connectivity index (χ0) is 7.52. The van der Waals surface area contributed by atoms with Crippen molar-refractivity contribution in [2.45, 2.75) is 0 Å². The molecule has 0 aliphatic heterocycles. The molecule has 0 aromatic heterocycles. The Bertz CT molecular complexity index is 296. The molecule has 0 spiro atoms. The third-order valence-corrected chi connectivity index (χ3v) is 1.77. The third kappa shape index (κ3) is 1.25. The fourth-order valence-corrected chi connectivity index (χ4v) is 1.20. The Morgan fingerprint density at radius 2 is 1.18 bits per heavy atom. The van der Waals surface area contributed by atoms with Gasteiger partial charge >= 0.3 is 0 Å². The van der Waals surface area contributed by atoms with E-state index in [1.165, 1.54) is 11.1 Å². The molecular weight excluding hydrogens is 132 g/mol. The summed E-state index contributed by atoms with van der Waals surface area (Å²) in [6.07, 6.45) is 18.7. The van der Waals surface area contributed by atoms with Gasteiger partial charge in [-0.2, -0.15) is 0 Å². The van der Waals surface area contributed by atoms with Gasteiger partial charge in [-0.25, -0.2) is 0 Å². The summed E-state index contributed by atoms with van der Waals surface area (Å²) in [5, 5.41) is 0. The van der Waals surface area contributed by atoms with Crippen molar-refractivity contribution in [2.24, 2.45) is 0 Å². The molecule has 0 unspecified atom stereocenters. The lowest BCUT2D eigenvalue weighted by atomic mass is 10.1. The molecular formula is C11H9. The van der Waals surface area contributed by atoms with E-state index >= 15 is 0 Å². The van der Waals surface area contributed by atoms with Gasteiger partial charge in [0.25, 0.3) is 0 Å². The third-order valence-electron chi connectivity index (χ3n) is 1.77. The highest BCUT2D eigenvalue weighted by atomic mass is 14.1. The summed E-state index contributed by atoms with van der Waals surface area (Å²) in [7, 11) is 0. The molecule has 0 nitrogen and oxygen atoms in total. The van der Waals surface area contributed by atoms with Crippen molar-refractivity contribution < 1.29 is 0 Å². The Balaban J connectivity index is 2.38. The highest BCUT2D eigenvalue weighted by molar-refractivity contribution is 5.54. The van der Waals surface area contributed by atoms with E-state index in [0.717, 1.165) is 0 Å². The summed E-state index contributed by atoms with van der Waals surface area (Å²) in [4.78, 5) is 0. The first-order valence-electron chi connectivity index (χ1n) is 3.74. The molecule has 0 fully saturated rings. The van der Waals surface area contributed by atoms with Crippen LogP contribution in [0.2, 0.25) is 0 Å². The molecule has 2 aliphatic carbocycles. The van der Waals surface area contributed by atoms with Gasteiger partial charge in [-0.3, -0.25) is 0 Å². The zero-order valence-electron chi connectivity index (χ0n) is 6.20. The Labute approximate surface area is 66.9 Å². The largest absolute Gasteiger partial charge is 0.0755 e. The van der Waals surface area contributed by atoms with Gasteiger partial charge in [0.1, 0.15) is 0 Å². The Morgan fingerprint density at radius 1 is 0.545 bits per heavy atom. The van der Waals surface area contributed by atoms with Crippen LogP contribution in [0.3, 0.4) is 0 Å². The quantitative estimate of drug-likeness (QED) is 0.486. The van der Waals surface area contributed by atoms with Crippen molar-refractivity contribution in [3.8, 4) is 0 Å². The van der Waals surface area contributed by atoms with E-state index in [9.17, 15) is 0 Å². The van der Waals surface area contributed by atoms with Crippen LogP contribution in [-0.2, 0) is 0 Å². The predicted octanol–water partition coefficient (Wildman–Crippen LogP) is 2.74. The van der Waals surface area contributed by atoms with Crippen LogP contribution in [0, 0.1) is 6.42 Å². The molecule has 0 atom stereocenters. The number of hydrogen-bond donors (Lipinski definition) is 0. The average Bonchev–Trinajstić information content (AvgIpc) is 2.35. The summed E-state index contributed by atoms with van der Waals surface area (Å²) in [6.45, 7) is 0. The second kappa shape index (κ2) is 2.75. The molecule has 0 saturated heterocycles. The van der Waals surface area contributed by atoms with Crippen molar-refractivity contribution in [3.63, 3.8) is 0 Å². The molecule has 0 saturated carbocycles. The van der Waals surface area contributed by atoms with Gasteiger partial charge in [-0.05, 0) is 11.1 Å². The molecule has 0 amide bonds. The molecule has 0 N–H and O–H groups in total. The first kappa shape index (κ1) is 6.41. The number of hydrogen-bond acceptors (Lipinski definition) is 0. The van der Waals surface area contributed by atoms with Gasteiger partial charge in [-0.1, -0.05) is 48.6 Å². The van der Waals surface area contributed by atoms with E-state index in [1.807, 2.05) is 12.2 Å². The monoisotopic (exact) mass is 141 g/mol. The Hall–Kier alpha value is -1.30. The van der Waals surface area contributed by atoms with Crippen LogP contribution >= 0.6 is 0 Å².